The summed E-state index contributed by atoms with van der Waals surface area (Å²) in [6, 6.07) is 3.24. The largest absolute Gasteiger partial charge is 0.486 e. The monoisotopic (exact) mass is 452 g/mol. The van der Waals surface area contributed by atoms with Crippen LogP contribution in [0, 0.1) is 3.70 Å². The topological polar surface area (TPSA) is 51.6 Å². The molecule has 22 heavy (non-hydrogen) atoms. The van der Waals surface area contributed by atoms with Crippen molar-refractivity contribution in [2.45, 2.75) is 37.8 Å². The minimum Gasteiger partial charge on any atom is -0.486 e. The lowest BCUT2D eigenvalue weighted by Gasteiger charge is -2.23. The highest BCUT2D eigenvalue weighted by atomic mass is 127. The van der Waals surface area contributed by atoms with E-state index in [1.807, 2.05) is 26.0 Å². The minimum atomic E-state index is -0.549. The number of hydrogen-bond donors (Lipinski definition) is 0. The van der Waals surface area contributed by atoms with Gasteiger partial charge in [-0.25, -0.2) is 4.98 Å². The van der Waals surface area contributed by atoms with Crippen molar-refractivity contribution in [2.24, 2.45) is 4.99 Å². The molecule has 1 unspecified atom stereocenters. The van der Waals surface area contributed by atoms with Crippen molar-refractivity contribution in [3.05, 3.63) is 38.4 Å². The number of aliphatic imine (C=N–C) groups is 1. The van der Waals surface area contributed by atoms with Crippen LogP contribution in [-0.4, -0.2) is 27.9 Å². The Hall–Kier alpha value is -0.660. The molecule has 0 radical (unpaired) electrons. The first kappa shape index (κ1) is 17.7. The number of Topliss-reactive ketones (excluding diaryl/α,β-unsaturated/α-hetero) is 1. The lowest BCUT2D eigenvalue weighted by molar-refractivity contribution is -0.116. The van der Waals surface area contributed by atoms with Crippen LogP contribution in [0.5, 0.6) is 0 Å². The summed E-state index contributed by atoms with van der Waals surface area (Å²) in [5.41, 5.74) is 0.891. The van der Waals surface area contributed by atoms with Crippen molar-refractivity contribution in [1.29, 1.82) is 0 Å². The minimum absolute atomic E-state index is 0.0689. The maximum atomic E-state index is 12.2. The Morgan fingerprint density at radius 2 is 2.14 bits per heavy atom. The highest BCUT2D eigenvalue weighted by molar-refractivity contribution is 14.1. The molecule has 2 rings (SSSR count). The average Bonchev–Trinajstić information content (AvgIpc) is 2.44. The van der Waals surface area contributed by atoms with Gasteiger partial charge in [-0.1, -0.05) is 17.7 Å². The van der Waals surface area contributed by atoms with E-state index in [2.05, 4.69) is 32.6 Å². The van der Waals surface area contributed by atoms with Gasteiger partial charge in [0.05, 0.1) is 6.21 Å². The Balaban J connectivity index is 2.02. The number of pyridine rings is 1. The molecule has 0 spiro atoms. The van der Waals surface area contributed by atoms with E-state index in [0.29, 0.717) is 6.42 Å². The second-order valence-corrected chi connectivity index (χ2v) is 8.04. The number of halogens is 3. The summed E-state index contributed by atoms with van der Waals surface area (Å²) in [7, 11) is 0. The predicted molar refractivity (Wildman–Crippen MR) is 96.5 cm³/mol. The van der Waals surface area contributed by atoms with Crippen LogP contribution in [0.1, 0.15) is 25.8 Å². The van der Waals surface area contributed by atoms with Crippen molar-refractivity contribution in [1.82, 2.24) is 4.98 Å². The van der Waals surface area contributed by atoms with E-state index in [1.54, 1.807) is 6.20 Å². The maximum Gasteiger partial charge on any atom is 0.202 e. The number of carbonyl (C=O) groups is 1. The standard InChI is InChI=1S/C15H15Cl2IN2O2/c1-15(2,17)5-10-14(21)13(16)11(7-19-10)22-8-9-3-4-12(18)20-6-9/h3-4,6-7,10H,5,8H2,1-2H3. The summed E-state index contributed by atoms with van der Waals surface area (Å²) in [4.78, 5) is 20.1. The number of hydrogen-bond acceptors (Lipinski definition) is 4. The molecule has 1 aliphatic rings. The molecule has 1 aromatic rings. The SMILES string of the molecule is CC(C)(Cl)CC1N=CC(OCc2ccc(I)nc2)=C(Cl)C1=O. The highest BCUT2D eigenvalue weighted by Gasteiger charge is 2.31. The van der Waals surface area contributed by atoms with Crippen LogP contribution in [0.4, 0.5) is 0 Å². The van der Waals surface area contributed by atoms with Gasteiger partial charge in [0, 0.05) is 16.6 Å². The maximum absolute atomic E-state index is 12.2. The first-order valence-corrected chi connectivity index (χ1v) is 8.49. The van der Waals surface area contributed by atoms with Crippen molar-refractivity contribution < 1.29 is 9.53 Å². The number of alkyl halides is 1. The number of ketones is 1. The Bertz CT molecular complexity index is 621. The fourth-order valence-electron chi connectivity index (χ4n) is 1.91. The molecule has 0 bridgehead atoms. The number of allylic oxidation sites excluding steroid dienone is 1. The fraction of sp³-hybridized carbons (Fsp3) is 0.400. The molecule has 0 saturated heterocycles. The van der Waals surface area contributed by atoms with Crippen LogP contribution >= 0.6 is 45.8 Å². The van der Waals surface area contributed by atoms with E-state index in [9.17, 15) is 4.79 Å². The normalized spacial score (nSPS) is 18.8. The molecule has 0 saturated carbocycles. The van der Waals surface area contributed by atoms with Gasteiger partial charge in [-0.15, -0.1) is 11.6 Å². The van der Waals surface area contributed by atoms with Crippen LogP contribution in [0.3, 0.4) is 0 Å². The number of ether oxygens (including phenoxy) is 1. The van der Waals surface area contributed by atoms with Crippen molar-refractivity contribution in [2.75, 3.05) is 0 Å². The number of dihydropyridines is 1. The predicted octanol–water partition coefficient (Wildman–Crippen LogP) is 4.08. The molecule has 2 heterocycles. The lowest BCUT2D eigenvalue weighted by Crippen LogP contribution is -2.30. The summed E-state index contributed by atoms with van der Waals surface area (Å²) in [6.07, 6.45) is 3.64. The number of aromatic nitrogens is 1. The van der Waals surface area contributed by atoms with E-state index in [1.165, 1.54) is 6.21 Å². The van der Waals surface area contributed by atoms with Crippen LogP contribution in [0.25, 0.3) is 0 Å². The van der Waals surface area contributed by atoms with E-state index in [4.69, 9.17) is 27.9 Å². The van der Waals surface area contributed by atoms with Gasteiger partial charge in [0.25, 0.3) is 0 Å². The Labute approximate surface area is 153 Å². The number of nitrogens with zero attached hydrogens (tertiary/aromatic N) is 2. The van der Waals surface area contributed by atoms with Gasteiger partial charge >= 0.3 is 0 Å². The third-order valence-corrected chi connectivity index (χ3v) is 4.13. The lowest BCUT2D eigenvalue weighted by atomic mass is 9.98. The molecule has 7 heteroatoms. The summed E-state index contributed by atoms with van der Waals surface area (Å²) < 4.78 is 6.47. The van der Waals surface area contributed by atoms with Gasteiger partial charge < -0.3 is 4.74 Å². The zero-order valence-electron chi connectivity index (χ0n) is 12.1. The second kappa shape index (κ2) is 7.27. The Morgan fingerprint density at radius 1 is 1.41 bits per heavy atom. The zero-order valence-corrected chi connectivity index (χ0v) is 15.8. The molecule has 1 aliphatic heterocycles. The van der Waals surface area contributed by atoms with Gasteiger partial charge in [-0.2, -0.15) is 0 Å². The van der Waals surface area contributed by atoms with Gasteiger partial charge in [0.15, 0.2) is 5.76 Å². The van der Waals surface area contributed by atoms with E-state index < -0.39 is 10.9 Å². The van der Waals surface area contributed by atoms with Crippen LogP contribution in [0.15, 0.2) is 34.1 Å². The van der Waals surface area contributed by atoms with Gasteiger partial charge in [0.1, 0.15) is 21.4 Å². The highest BCUT2D eigenvalue weighted by Crippen LogP contribution is 2.27. The molecular formula is C15H15Cl2IN2O2. The Morgan fingerprint density at radius 3 is 2.73 bits per heavy atom. The van der Waals surface area contributed by atoms with Crippen molar-refractivity contribution in [3.8, 4) is 0 Å². The molecule has 0 fully saturated rings. The van der Waals surface area contributed by atoms with Crippen LogP contribution in [0.2, 0.25) is 0 Å². The molecule has 0 amide bonds. The Kier molecular flexibility index (Phi) is 5.85. The molecule has 4 nitrogen and oxygen atoms in total. The quantitative estimate of drug-likeness (QED) is 0.384. The smallest absolute Gasteiger partial charge is 0.202 e. The fourth-order valence-corrected chi connectivity index (χ4v) is 2.60. The third-order valence-electron chi connectivity index (χ3n) is 2.97. The summed E-state index contributed by atoms with van der Waals surface area (Å²) in [5.74, 6) is 0.0301. The first-order valence-electron chi connectivity index (χ1n) is 6.65. The van der Waals surface area contributed by atoms with Crippen LogP contribution < -0.4 is 0 Å². The molecule has 1 atom stereocenters. The molecular weight excluding hydrogens is 438 g/mol. The average molecular weight is 453 g/mol. The van der Waals surface area contributed by atoms with Gasteiger partial charge in [-0.05, 0) is 48.9 Å². The molecule has 118 valence electrons. The summed E-state index contributed by atoms with van der Waals surface area (Å²) in [6.45, 7) is 3.95. The van der Waals surface area contributed by atoms with Gasteiger partial charge in [-0.3, -0.25) is 9.79 Å². The number of carbonyl (C=O) groups excluding carboxylic acids is 1. The molecule has 0 aromatic carbocycles. The number of rotatable bonds is 5. The first-order chi connectivity index (χ1) is 10.3. The molecule has 0 aliphatic carbocycles. The second-order valence-electron chi connectivity index (χ2n) is 5.54. The molecule has 1 aromatic heterocycles. The molecule has 0 N–H and O–H groups in total. The van der Waals surface area contributed by atoms with Crippen LogP contribution in [-0.2, 0) is 16.1 Å². The summed E-state index contributed by atoms with van der Waals surface area (Å²) >= 11 is 14.4. The van der Waals surface area contributed by atoms with Gasteiger partial charge in [0.2, 0.25) is 5.78 Å². The van der Waals surface area contributed by atoms with Crippen molar-refractivity contribution >= 4 is 57.8 Å². The van der Waals surface area contributed by atoms with E-state index in [0.717, 1.165) is 9.26 Å². The zero-order chi connectivity index (χ0) is 16.3. The summed E-state index contributed by atoms with van der Waals surface area (Å²) in [5, 5.41) is 0.0689. The van der Waals surface area contributed by atoms with Crippen molar-refractivity contribution in [3.63, 3.8) is 0 Å². The van der Waals surface area contributed by atoms with E-state index in [-0.39, 0.29) is 23.2 Å². The van der Waals surface area contributed by atoms with E-state index >= 15 is 0 Å². The third kappa shape index (κ3) is 4.93.